The van der Waals surface area contributed by atoms with Crippen LogP contribution >= 0.6 is 11.8 Å². The highest BCUT2D eigenvalue weighted by Gasteiger charge is 2.33. The van der Waals surface area contributed by atoms with Crippen molar-refractivity contribution in [2.45, 2.75) is 18.3 Å². The van der Waals surface area contributed by atoms with Crippen molar-refractivity contribution in [3.63, 3.8) is 0 Å². The molecule has 21 heavy (non-hydrogen) atoms. The highest BCUT2D eigenvalue weighted by Crippen LogP contribution is 2.32. The van der Waals surface area contributed by atoms with Crippen molar-refractivity contribution >= 4 is 11.8 Å². The number of methoxy groups -OCH3 is 1. The summed E-state index contributed by atoms with van der Waals surface area (Å²) in [6.45, 7) is 1.83. The Hall–Kier alpha value is -1.76. The van der Waals surface area contributed by atoms with E-state index in [0.29, 0.717) is 17.1 Å². The lowest BCUT2D eigenvalue weighted by atomic mass is 10.1. The molecule has 0 saturated heterocycles. The van der Waals surface area contributed by atoms with Gasteiger partial charge in [-0.3, -0.25) is 0 Å². The number of aromatic nitrogens is 2. The van der Waals surface area contributed by atoms with Crippen LogP contribution < -0.4 is 4.74 Å². The van der Waals surface area contributed by atoms with Gasteiger partial charge in [0.1, 0.15) is 11.4 Å². The van der Waals surface area contributed by atoms with Gasteiger partial charge in [-0.25, -0.2) is 9.97 Å². The Morgan fingerprint density at radius 2 is 1.81 bits per heavy atom. The van der Waals surface area contributed by atoms with E-state index in [2.05, 4.69) is 9.97 Å². The maximum atomic E-state index is 12.9. The van der Waals surface area contributed by atoms with Crippen LogP contribution in [-0.4, -0.2) is 22.8 Å². The molecule has 0 atom stereocenters. The number of hydrogen-bond donors (Lipinski definition) is 0. The van der Waals surface area contributed by atoms with Crippen LogP contribution in [0.15, 0.2) is 35.5 Å². The summed E-state index contributed by atoms with van der Waals surface area (Å²) in [5.41, 5.74) is -0.100. The van der Waals surface area contributed by atoms with E-state index in [9.17, 15) is 13.2 Å². The van der Waals surface area contributed by atoms with Gasteiger partial charge in [0.25, 0.3) is 0 Å². The van der Waals surface area contributed by atoms with Gasteiger partial charge in [-0.2, -0.15) is 13.2 Å². The molecule has 0 radical (unpaired) electrons. The van der Waals surface area contributed by atoms with Crippen LogP contribution in [0.5, 0.6) is 5.75 Å². The summed E-state index contributed by atoms with van der Waals surface area (Å²) in [7, 11) is 1.53. The second-order valence-electron chi connectivity index (χ2n) is 4.08. The smallest absolute Gasteiger partial charge is 0.433 e. The van der Waals surface area contributed by atoms with Gasteiger partial charge in [-0.1, -0.05) is 18.7 Å². The molecule has 3 nitrogen and oxygen atoms in total. The number of hydrogen-bond acceptors (Lipinski definition) is 4. The van der Waals surface area contributed by atoms with Crippen LogP contribution in [0.25, 0.3) is 11.3 Å². The quantitative estimate of drug-likeness (QED) is 0.623. The summed E-state index contributed by atoms with van der Waals surface area (Å²) in [6.07, 6.45) is -4.49. The number of rotatable bonds is 4. The van der Waals surface area contributed by atoms with E-state index in [-0.39, 0.29) is 10.9 Å². The first-order valence-electron chi connectivity index (χ1n) is 6.17. The first kappa shape index (κ1) is 15.6. The third kappa shape index (κ3) is 3.87. The van der Waals surface area contributed by atoms with E-state index in [1.165, 1.54) is 18.9 Å². The first-order chi connectivity index (χ1) is 9.94. The van der Waals surface area contributed by atoms with Crippen molar-refractivity contribution in [1.29, 1.82) is 0 Å². The number of benzene rings is 1. The summed E-state index contributed by atoms with van der Waals surface area (Å²) in [5.74, 6) is 1.23. The maximum Gasteiger partial charge on any atom is 0.433 e. The van der Waals surface area contributed by atoms with Crippen LogP contribution in [0, 0.1) is 0 Å². The summed E-state index contributed by atoms with van der Waals surface area (Å²) >= 11 is 1.18. The molecule has 0 aliphatic heterocycles. The predicted molar refractivity (Wildman–Crippen MR) is 75.4 cm³/mol. The summed E-state index contributed by atoms with van der Waals surface area (Å²) in [6, 6.07) is 7.65. The SMILES string of the molecule is CCSc1nc(-c2ccc(OC)cc2)cc(C(F)(F)F)n1. The minimum Gasteiger partial charge on any atom is -0.497 e. The van der Waals surface area contributed by atoms with Crippen molar-refractivity contribution in [3.8, 4) is 17.0 Å². The Kier molecular flexibility index (Phi) is 4.72. The standard InChI is InChI=1S/C14H13F3N2OS/c1-3-21-13-18-11(8-12(19-13)14(15,16)17)9-4-6-10(20-2)7-5-9/h4-8H,3H2,1-2H3. The Labute approximate surface area is 124 Å². The zero-order valence-corrected chi connectivity index (χ0v) is 12.3. The molecule has 0 aliphatic rings. The lowest BCUT2D eigenvalue weighted by Crippen LogP contribution is -2.10. The average Bonchev–Trinajstić information content (AvgIpc) is 2.46. The minimum atomic E-state index is -4.49. The Morgan fingerprint density at radius 3 is 2.33 bits per heavy atom. The zero-order valence-electron chi connectivity index (χ0n) is 11.4. The van der Waals surface area contributed by atoms with Gasteiger partial charge in [0.05, 0.1) is 12.8 Å². The number of thioether (sulfide) groups is 1. The van der Waals surface area contributed by atoms with Gasteiger partial charge in [0.2, 0.25) is 0 Å². The van der Waals surface area contributed by atoms with Gasteiger partial charge in [-0.05, 0) is 36.1 Å². The summed E-state index contributed by atoms with van der Waals surface area (Å²) < 4.78 is 43.7. The summed E-state index contributed by atoms with van der Waals surface area (Å²) in [4.78, 5) is 7.73. The van der Waals surface area contributed by atoms with E-state index in [1.54, 1.807) is 24.3 Å². The van der Waals surface area contributed by atoms with Gasteiger partial charge >= 0.3 is 6.18 Å². The van der Waals surface area contributed by atoms with Crippen LogP contribution in [0.2, 0.25) is 0 Å². The Morgan fingerprint density at radius 1 is 1.14 bits per heavy atom. The number of nitrogens with zero attached hydrogens (tertiary/aromatic N) is 2. The van der Waals surface area contributed by atoms with Crippen molar-refractivity contribution in [2.24, 2.45) is 0 Å². The average molecular weight is 314 g/mol. The summed E-state index contributed by atoms with van der Waals surface area (Å²) in [5, 5.41) is 0.123. The van der Waals surface area contributed by atoms with Crippen LogP contribution in [0.3, 0.4) is 0 Å². The lowest BCUT2D eigenvalue weighted by molar-refractivity contribution is -0.141. The monoisotopic (exact) mass is 314 g/mol. The second-order valence-corrected chi connectivity index (χ2v) is 5.31. The molecule has 0 unspecified atom stereocenters. The van der Waals surface area contributed by atoms with E-state index < -0.39 is 11.9 Å². The van der Waals surface area contributed by atoms with Gasteiger partial charge in [0.15, 0.2) is 5.16 Å². The largest absolute Gasteiger partial charge is 0.497 e. The number of ether oxygens (including phenoxy) is 1. The van der Waals surface area contributed by atoms with Gasteiger partial charge < -0.3 is 4.74 Å². The fourth-order valence-corrected chi connectivity index (χ4v) is 2.26. The van der Waals surface area contributed by atoms with E-state index in [0.717, 1.165) is 6.07 Å². The molecule has 0 aliphatic carbocycles. The molecule has 1 aromatic heterocycles. The van der Waals surface area contributed by atoms with Crippen molar-refractivity contribution < 1.29 is 17.9 Å². The normalized spacial score (nSPS) is 11.5. The van der Waals surface area contributed by atoms with E-state index in [1.807, 2.05) is 6.92 Å². The molecule has 2 rings (SSSR count). The highest BCUT2D eigenvalue weighted by atomic mass is 32.2. The van der Waals surface area contributed by atoms with Crippen LogP contribution in [0.1, 0.15) is 12.6 Å². The Bertz CT molecular complexity index is 615. The molecule has 0 N–H and O–H groups in total. The van der Waals surface area contributed by atoms with Gasteiger partial charge in [-0.15, -0.1) is 0 Å². The molecule has 0 fully saturated rings. The van der Waals surface area contributed by atoms with E-state index in [4.69, 9.17) is 4.74 Å². The third-order valence-electron chi connectivity index (χ3n) is 2.66. The molecule has 0 saturated carbocycles. The molecule has 112 valence electrons. The second kappa shape index (κ2) is 6.34. The Balaban J connectivity index is 2.48. The fourth-order valence-electron chi connectivity index (χ4n) is 1.67. The molecule has 0 spiro atoms. The lowest BCUT2D eigenvalue weighted by Gasteiger charge is -2.10. The van der Waals surface area contributed by atoms with Crippen molar-refractivity contribution in [1.82, 2.24) is 9.97 Å². The zero-order chi connectivity index (χ0) is 15.5. The van der Waals surface area contributed by atoms with Gasteiger partial charge in [0, 0.05) is 5.56 Å². The molecule has 1 aromatic carbocycles. The third-order valence-corrected chi connectivity index (χ3v) is 3.38. The van der Waals surface area contributed by atoms with Crippen molar-refractivity contribution in [2.75, 3.05) is 12.9 Å². The van der Waals surface area contributed by atoms with Crippen LogP contribution in [0.4, 0.5) is 13.2 Å². The minimum absolute atomic E-state index is 0.123. The molecular formula is C14H13F3N2OS. The van der Waals surface area contributed by atoms with E-state index >= 15 is 0 Å². The molecule has 0 amide bonds. The predicted octanol–water partition coefficient (Wildman–Crippen LogP) is 4.28. The van der Waals surface area contributed by atoms with Crippen molar-refractivity contribution in [3.05, 3.63) is 36.0 Å². The maximum absolute atomic E-state index is 12.9. The molecule has 7 heteroatoms. The highest BCUT2D eigenvalue weighted by molar-refractivity contribution is 7.99. The van der Waals surface area contributed by atoms with Crippen LogP contribution in [-0.2, 0) is 6.18 Å². The number of halogens is 3. The fraction of sp³-hybridized carbons (Fsp3) is 0.286. The first-order valence-corrected chi connectivity index (χ1v) is 7.16. The molecule has 0 bridgehead atoms. The molecule has 2 aromatic rings. The topological polar surface area (TPSA) is 35.0 Å². The molecule has 1 heterocycles. The number of alkyl halides is 3. The molecular weight excluding hydrogens is 301 g/mol.